The summed E-state index contributed by atoms with van der Waals surface area (Å²) in [6.07, 6.45) is -0.839. The van der Waals surface area contributed by atoms with Gasteiger partial charge in [-0.25, -0.2) is 0 Å². The number of Topliss-reactive ketones (excluding diaryl/α,β-unsaturated/α-hetero) is 1. The number of aliphatic hydroxyl groups is 1. The molecule has 0 spiro atoms. The number of carbonyl (C=O) groups is 1. The van der Waals surface area contributed by atoms with Crippen LogP contribution in [0.3, 0.4) is 0 Å². The Morgan fingerprint density at radius 3 is 2.69 bits per heavy atom. The van der Waals surface area contributed by atoms with E-state index in [4.69, 9.17) is 5.73 Å². The maximum atomic E-state index is 12.2. The van der Waals surface area contributed by atoms with Gasteiger partial charge in [-0.2, -0.15) is 0 Å². The minimum absolute atomic E-state index is 0.0574. The third-order valence-electron chi connectivity index (χ3n) is 3.28. The Balaban J connectivity index is 2.65. The molecule has 3 N–H and O–H groups in total. The Morgan fingerprint density at radius 2 is 2.06 bits per heavy atom. The van der Waals surface area contributed by atoms with Gasteiger partial charge in [-0.3, -0.25) is 4.79 Å². The molecule has 0 saturated carbocycles. The summed E-state index contributed by atoms with van der Waals surface area (Å²) < 4.78 is 0.846. The van der Waals surface area contributed by atoms with Gasteiger partial charge in [0.05, 0.1) is 17.6 Å². The minimum Gasteiger partial charge on any atom is -0.390 e. The Kier molecular flexibility index (Phi) is 2.69. The first-order valence-corrected chi connectivity index (χ1v) is 5.93. The number of fused-ring (bicyclic) bond motifs is 1. The highest BCUT2D eigenvalue weighted by atomic mass is 79.9. The summed E-state index contributed by atoms with van der Waals surface area (Å²) in [6, 6.07) is 4.89. The van der Waals surface area contributed by atoms with Gasteiger partial charge in [0, 0.05) is 10.0 Å². The average Bonchev–Trinajstić information content (AvgIpc) is 2.24. The monoisotopic (exact) mass is 283 g/mol. The van der Waals surface area contributed by atoms with Gasteiger partial charge in [-0.05, 0) is 31.5 Å². The molecule has 2 atom stereocenters. The fourth-order valence-electron chi connectivity index (χ4n) is 2.12. The van der Waals surface area contributed by atoms with Crippen molar-refractivity contribution in [3.8, 4) is 0 Å². The van der Waals surface area contributed by atoms with Crippen LogP contribution in [0.5, 0.6) is 0 Å². The van der Waals surface area contributed by atoms with Gasteiger partial charge in [0.15, 0.2) is 5.78 Å². The first kappa shape index (κ1) is 11.8. The van der Waals surface area contributed by atoms with E-state index in [2.05, 4.69) is 15.9 Å². The van der Waals surface area contributed by atoms with Crippen LogP contribution in [-0.2, 0) is 0 Å². The molecule has 0 aliphatic heterocycles. The zero-order valence-corrected chi connectivity index (χ0v) is 10.8. The van der Waals surface area contributed by atoms with E-state index in [1.54, 1.807) is 26.0 Å². The van der Waals surface area contributed by atoms with E-state index < -0.39 is 17.6 Å². The van der Waals surface area contributed by atoms with Crippen LogP contribution in [0.4, 0.5) is 0 Å². The van der Waals surface area contributed by atoms with Crippen molar-refractivity contribution in [3.05, 3.63) is 33.8 Å². The number of halogens is 1. The number of benzene rings is 1. The first-order valence-electron chi connectivity index (χ1n) is 5.13. The van der Waals surface area contributed by atoms with Crippen molar-refractivity contribution in [1.29, 1.82) is 0 Å². The van der Waals surface area contributed by atoms with E-state index in [1.807, 2.05) is 6.07 Å². The van der Waals surface area contributed by atoms with Gasteiger partial charge < -0.3 is 10.8 Å². The molecular formula is C12H14BrNO2. The van der Waals surface area contributed by atoms with Gasteiger partial charge >= 0.3 is 0 Å². The molecular weight excluding hydrogens is 270 g/mol. The predicted molar refractivity (Wildman–Crippen MR) is 65.2 cm³/mol. The van der Waals surface area contributed by atoms with Crippen molar-refractivity contribution in [3.63, 3.8) is 0 Å². The minimum atomic E-state index is -0.839. The maximum absolute atomic E-state index is 12.2. The Morgan fingerprint density at radius 1 is 1.44 bits per heavy atom. The fourth-order valence-corrected chi connectivity index (χ4v) is 2.48. The van der Waals surface area contributed by atoms with E-state index >= 15 is 0 Å². The number of hydrogen-bond acceptors (Lipinski definition) is 3. The standard InChI is InChI=1S/C12H14BrNO2/c1-12(2)10(15)8-5-6(13)3-4-7(8)9(14)11(12)16/h3-5,9,11,16H,14H2,1-2H3. The molecule has 0 saturated heterocycles. The van der Waals surface area contributed by atoms with E-state index in [-0.39, 0.29) is 5.78 Å². The van der Waals surface area contributed by atoms with Crippen LogP contribution < -0.4 is 5.73 Å². The zero-order valence-electron chi connectivity index (χ0n) is 9.20. The van der Waals surface area contributed by atoms with Crippen LogP contribution in [0, 0.1) is 5.41 Å². The topological polar surface area (TPSA) is 63.3 Å². The second-order valence-corrected chi connectivity index (χ2v) is 5.67. The summed E-state index contributed by atoms with van der Waals surface area (Å²) in [5.41, 5.74) is 6.46. The van der Waals surface area contributed by atoms with Crippen LogP contribution in [0.25, 0.3) is 0 Å². The lowest BCUT2D eigenvalue weighted by molar-refractivity contribution is 0.0209. The molecule has 86 valence electrons. The number of ketones is 1. The molecule has 2 unspecified atom stereocenters. The molecule has 4 heteroatoms. The Labute approximate surface area is 103 Å². The number of carbonyl (C=O) groups excluding carboxylic acids is 1. The number of hydrogen-bond donors (Lipinski definition) is 2. The van der Waals surface area contributed by atoms with Crippen molar-refractivity contribution in [1.82, 2.24) is 0 Å². The van der Waals surface area contributed by atoms with Crippen LogP contribution in [-0.4, -0.2) is 17.0 Å². The van der Waals surface area contributed by atoms with Gasteiger partial charge in [0.25, 0.3) is 0 Å². The SMILES string of the molecule is CC1(C)C(=O)c2cc(Br)ccc2C(N)C1O. The van der Waals surface area contributed by atoms with Gasteiger partial charge in [-0.15, -0.1) is 0 Å². The Bertz CT molecular complexity index is 456. The quantitative estimate of drug-likeness (QED) is 0.766. The zero-order chi connectivity index (χ0) is 12.1. The molecule has 0 aromatic heterocycles. The van der Waals surface area contributed by atoms with Gasteiger partial charge in [-0.1, -0.05) is 22.0 Å². The molecule has 0 bridgehead atoms. The van der Waals surface area contributed by atoms with Crippen molar-refractivity contribution < 1.29 is 9.90 Å². The second kappa shape index (κ2) is 3.65. The summed E-state index contributed by atoms with van der Waals surface area (Å²) >= 11 is 3.33. The van der Waals surface area contributed by atoms with Gasteiger partial charge in [0.2, 0.25) is 0 Å². The Hall–Kier alpha value is -0.710. The highest BCUT2D eigenvalue weighted by Crippen LogP contribution is 2.40. The number of nitrogens with two attached hydrogens (primary N) is 1. The summed E-state index contributed by atoms with van der Waals surface area (Å²) in [4.78, 5) is 12.2. The molecule has 3 nitrogen and oxygen atoms in total. The van der Waals surface area contributed by atoms with Crippen molar-refractivity contribution in [2.75, 3.05) is 0 Å². The lowest BCUT2D eigenvalue weighted by atomic mass is 9.69. The van der Waals surface area contributed by atoms with Crippen LogP contribution in [0.1, 0.15) is 35.8 Å². The smallest absolute Gasteiger partial charge is 0.171 e. The summed E-state index contributed by atoms with van der Waals surface area (Å²) in [5, 5.41) is 10.0. The van der Waals surface area contributed by atoms with Crippen LogP contribution in [0.15, 0.2) is 22.7 Å². The molecule has 1 aliphatic carbocycles. The molecule has 0 amide bonds. The van der Waals surface area contributed by atoms with Crippen molar-refractivity contribution >= 4 is 21.7 Å². The lowest BCUT2D eigenvalue weighted by Crippen LogP contribution is -2.48. The highest BCUT2D eigenvalue weighted by molar-refractivity contribution is 9.10. The van der Waals surface area contributed by atoms with E-state index in [0.29, 0.717) is 5.56 Å². The maximum Gasteiger partial charge on any atom is 0.171 e. The molecule has 16 heavy (non-hydrogen) atoms. The third kappa shape index (κ3) is 1.52. The molecule has 1 aromatic rings. The normalized spacial score (nSPS) is 27.7. The first-order chi connectivity index (χ1) is 7.35. The molecule has 0 fully saturated rings. The van der Waals surface area contributed by atoms with Crippen LogP contribution in [0.2, 0.25) is 0 Å². The summed E-state index contributed by atoms with van der Waals surface area (Å²) in [5.74, 6) is -0.0574. The van der Waals surface area contributed by atoms with Crippen LogP contribution >= 0.6 is 15.9 Å². The highest BCUT2D eigenvalue weighted by Gasteiger charge is 2.45. The molecule has 1 aliphatic rings. The predicted octanol–water partition coefficient (Wildman–Crippen LogP) is 2.03. The van der Waals surface area contributed by atoms with Crippen molar-refractivity contribution in [2.45, 2.75) is 26.0 Å². The number of aliphatic hydroxyl groups excluding tert-OH is 1. The summed E-state index contributed by atoms with van der Waals surface area (Å²) in [7, 11) is 0. The van der Waals surface area contributed by atoms with E-state index in [9.17, 15) is 9.90 Å². The largest absolute Gasteiger partial charge is 0.390 e. The number of rotatable bonds is 0. The lowest BCUT2D eigenvalue weighted by Gasteiger charge is -2.38. The van der Waals surface area contributed by atoms with E-state index in [0.717, 1.165) is 10.0 Å². The molecule has 0 heterocycles. The molecule has 0 radical (unpaired) electrons. The van der Waals surface area contributed by atoms with Crippen molar-refractivity contribution in [2.24, 2.45) is 11.1 Å². The fraction of sp³-hybridized carbons (Fsp3) is 0.417. The second-order valence-electron chi connectivity index (χ2n) is 4.75. The summed E-state index contributed by atoms with van der Waals surface area (Å²) in [6.45, 7) is 3.45. The molecule has 1 aromatic carbocycles. The average molecular weight is 284 g/mol. The molecule has 2 rings (SSSR count). The van der Waals surface area contributed by atoms with E-state index in [1.165, 1.54) is 0 Å². The third-order valence-corrected chi connectivity index (χ3v) is 3.78. The van der Waals surface area contributed by atoms with Gasteiger partial charge in [0.1, 0.15) is 0 Å².